The van der Waals surface area contributed by atoms with Gasteiger partial charge in [0.25, 0.3) is 0 Å². The smallest absolute Gasteiger partial charge is 0.410 e. The average Bonchev–Trinajstić information content (AvgIpc) is 2.61. The molecule has 138 valence electrons. The first-order valence-electron chi connectivity index (χ1n) is 8.94. The normalized spacial score (nSPS) is 15.1. The number of hydrogen-bond acceptors (Lipinski definition) is 3. The lowest BCUT2D eigenvalue weighted by molar-refractivity contribution is -0.130. The zero-order chi connectivity index (χ0) is 18.2. The molecule has 0 radical (unpaired) electrons. The van der Waals surface area contributed by atoms with Gasteiger partial charge in [-0.15, -0.1) is 0 Å². The van der Waals surface area contributed by atoms with Crippen molar-refractivity contribution in [1.82, 2.24) is 9.80 Å². The lowest BCUT2D eigenvalue weighted by atomic mass is 10.0. The second-order valence-electron chi connectivity index (χ2n) is 6.46. The van der Waals surface area contributed by atoms with Crippen LogP contribution in [0.5, 0.6) is 0 Å². The van der Waals surface area contributed by atoms with Crippen LogP contribution < -0.4 is 0 Å². The number of rotatable bonds is 6. The van der Waals surface area contributed by atoms with Gasteiger partial charge in [0.05, 0.1) is 6.61 Å². The molecule has 6 heteroatoms. The molecule has 2 amide bonds. The first-order valence-corrected chi connectivity index (χ1v) is 8.94. The Bertz CT molecular complexity index is 569. The highest BCUT2D eigenvalue weighted by molar-refractivity contribution is 5.73. The molecule has 0 N–H and O–H groups in total. The van der Waals surface area contributed by atoms with Crippen LogP contribution in [0.15, 0.2) is 24.3 Å². The van der Waals surface area contributed by atoms with Crippen molar-refractivity contribution in [3.63, 3.8) is 0 Å². The summed E-state index contributed by atoms with van der Waals surface area (Å²) in [7, 11) is 0. The summed E-state index contributed by atoms with van der Waals surface area (Å²) in [6, 6.07) is 6.19. The lowest BCUT2D eigenvalue weighted by Gasteiger charge is -2.37. The van der Waals surface area contributed by atoms with Crippen LogP contribution >= 0.6 is 0 Å². The molecule has 5 nitrogen and oxygen atoms in total. The van der Waals surface area contributed by atoms with Crippen molar-refractivity contribution in [2.45, 2.75) is 52.1 Å². The van der Waals surface area contributed by atoms with Gasteiger partial charge in [0.2, 0.25) is 5.91 Å². The lowest BCUT2D eigenvalue weighted by Crippen LogP contribution is -2.48. The van der Waals surface area contributed by atoms with Gasteiger partial charge < -0.3 is 14.5 Å². The van der Waals surface area contributed by atoms with Gasteiger partial charge in [-0.25, -0.2) is 9.18 Å². The van der Waals surface area contributed by atoms with Crippen LogP contribution in [0.25, 0.3) is 0 Å². The van der Waals surface area contributed by atoms with Crippen LogP contribution in [0.2, 0.25) is 0 Å². The maximum atomic E-state index is 13.1. The van der Waals surface area contributed by atoms with E-state index >= 15 is 0 Å². The van der Waals surface area contributed by atoms with Gasteiger partial charge in [-0.05, 0) is 37.0 Å². The zero-order valence-corrected chi connectivity index (χ0v) is 15.0. The number of unbranched alkanes of at least 4 members (excludes halogenated alkanes) is 1. The summed E-state index contributed by atoms with van der Waals surface area (Å²) < 4.78 is 18.5. The molecule has 1 fully saturated rings. The third kappa shape index (κ3) is 5.73. The molecule has 0 unspecified atom stereocenters. The topological polar surface area (TPSA) is 49.9 Å². The van der Waals surface area contributed by atoms with E-state index in [9.17, 15) is 14.0 Å². The molecule has 0 spiro atoms. The van der Waals surface area contributed by atoms with Gasteiger partial charge in [-0.3, -0.25) is 4.79 Å². The third-order valence-electron chi connectivity index (χ3n) is 4.57. The fourth-order valence-electron chi connectivity index (χ4n) is 3.01. The highest BCUT2D eigenvalue weighted by Gasteiger charge is 2.29. The summed E-state index contributed by atoms with van der Waals surface area (Å²) in [5.74, 6) is -0.232. The number of nitrogens with zero attached hydrogens (tertiary/aromatic N) is 2. The second kappa shape index (κ2) is 9.39. The number of halogens is 1. The van der Waals surface area contributed by atoms with E-state index in [0.717, 1.165) is 31.2 Å². The van der Waals surface area contributed by atoms with Crippen molar-refractivity contribution in [3.8, 4) is 0 Å². The molecular formula is C19H27FN2O3. The fraction of sp³-hybridized carbons (Fsp3) is 0.579. The number of amides is 2. The summed E-state index contributed by atoms with van der Waals surface area (Å²) in [6.45, 7) is 5.68. The molecule has 2 rings (SSSR count). The molecule has 0 saturated carbocycles. The van der Waals surface area contributed by atoms with Crippen LogP contribution in [0, 0.1) is 5.82 Å². The van der Waals surface area contributed by atoms with Gasteiger partial charge in [-0.1, -0.05) is 25.5 Å². The van der Waals surface area contributed by atoms with Crippen molar-refractivity contribution in [2.24, 2.45) is 0 Å². The molecule has 1 aromatic rings. The standard InChI is InChI=1S/C19H27FN2O3/c1-3-4-13-25-19(24)22(14-16-5-7-17(20)8-6-16)18-9-11-21(12-10-18)15(2)23/h5-8,18H,3-4,9-14H2,1-2H3. The molecule has 25 heavy (non-hydrogen) atoms. The number of carbonyl (C=O) groups excluding carboxylic acids is 2. The number of ether oxygens (including phenoxy) is 1. The Morgan fingerprint density at radius 3 is 2.44 bits per heavy atom. The first-order chi connectivity index (χ1) is 12.0. The van der Waals surface area contributed by atoms with Crippen molar-refractivity contribution < 1.29 is 18.7 Å². The van der Waals surface area contributed by atoms with E-state index in [4.69, 9.17) is 4.74 Å². The van der Waals surface area contributed by atoms with E-state index < -0.39 is 0 Å². The number of hydrogen-bond donors (Lipinski definition) is 0. The molecule has 1 saturated heterocycles. The number of carbonyl (C=O) groups is 2. The van der Waals surface area contributed by atoms with E-state index in [1.54, 1.807) is 28.9 Å². The number of likely N-dealkylation sites (tertiary alicyclic amines) is 1. The van der Waals surface area contributed by atoms with E-state index in [1.165, 1.54) is 12.1 Å². The Hall–Kier alpha value is -2.11. The molecule has 0 atom stereocenters. The van der Waals surface area contributed by atoms with Crippen LogP contribution in [0.4, 0.5) is 9.18 Å². The second-order valence-corrected chi connectivity index (χ2v) is 6.46. The highest BCUT2D eigenvalue weighted by atomic mass is 19.1. The van der Waals surface area contributed by atoms with E-state index in [1.807, 2.05) is 6.92 Å². The van der Waals surface area contributed by atoms with Gasteiger partial charge in [-0.2, -0.15) is 0 Å². The maximum Gasteiger partial charge on any atom is 0.410 e. The quantitative estimate of drug-likeness (QED) is 0.737. The Kier molecular flexibility index (Phi) is 7.22. The molecule has 1 aliphatic rings. The molecule has 1 aromatic carbocycles. The van der Waals surface area contributed by atoms with Gasteiger partial charge in [0.1, 0.15) is 5.82 Å². The minimum Gasteiger partial charge on any atom is -0.449 e. The zero-order valence-electron chi connectivity index (χ0n) is 15.0. The van der Waals surface area contributed by atoms with Crippen molar-refractivity contribution in [2.75, 3.05) is 19.7 Å². The molecule has 1 aliphatic heterocycles. The summed E-state index contributed by atoms with van der Waals surface area (Å²) in [5.41, 5.74) is 0.864. The predicted molar refractivity (Wildman–Crippen MR) is 93.5 cm³/mol. The minimum atomic E-state index is -0.334. The molecule has 0 aromatic heterocycles. The monoisotopic (exact) mass is 350 g/mol. The first kappa shape index (κ1) is 19.2. The predicted octanol–water partition coefficient (Wildman–Crippen LogP) is 3.58. The third-order valence-corrected chi connectivity index (χ3v) is 4.57. The molecule has 0 aliphatic carbocycles. The largest absolute Gasteiger partial charge is 0.449 e. The van der Waals surface area contributed by atoms with Gasteiger partial charge in [0, 0.05) is 32.6 Å². The van der Waals surface area contributed by atoms with Crippen molar-refractivity contribution in [3.05, 3.63) is 35.6 Å². The van der Waals surface area contributed by atoms with E-state index in [0.29, 0.717) is 26.2 Å². The Morgan fingerprint density at radius 1 is 1.24 bits per heavy atom. The van der Waals surface area contributed by atoms with Crippen molar-refractivity contribution >= 4 is 12.0 Å². The van der Waals surface area contributed by atoms with Gasteiger partial charge >= 0.3 is 6.09 Å². The Labute approximate surface area is 148 Å². The van der Waals surface area contributed by atoms with Crippen LogP contribution in [-0.2, 0) is 16.1 Å². The highest BCUT2D eigenvalue weighted by Crippen LogP contribution is 2.20. The molecule has 0 bridgehead atoms. The summed E-state index contributed by atoms with van der Waals surface area (Å²) in [5, 5.41) is 0. The maximum absolute atomic E-state index is 13.1. The van der Waals surface area contributed by atoms with E-state index in [2.05, 4.69) is 0 Å². The Morgan fingerprint density at radius 2 is 1.88 bits per heavy atom. The average molecular weight is 350 g/mol. The summed E-state index contributed by atoms with van der Waals surface area (Å²) >= 11 is 0. The van der Waals surface area contributed by atoms with E-state index in [-0.39, 0.29) is 23.9 Å². The van der Waals surface area contributed by atoms with Crippen molar-refractivity contribution in [1.29, 1.82) is 0 Å². The molecule has 1 heterocycles. The number of benzene rings is 1. The minimum absolute atomic E-state index is 0.0229. The van der Waals surface area contributed by atoms with Crippen LogP contribution in [0.3, 0.4) is 0 Å². The van der Waals surface area contributed by atoms with Gasteiger partial charge in [0.15, 0.2) is 0 Å². The van der Waals surface area contributed by atoms with Crippen LogP contribution in [0.1, 0.15) is 45.1 Å². The fourth-order valence-corrected chi connectivity index (χ4v) is 3.01. The summed E-state index contributed by atoms with van der Waals surface area (Å²) in [4.78, 5) is 27.6. The SMILES string of the molecule is CCCCOC(=O)N(Cc1ccc(F)cc1)C1CCN(C(C)=O)CC1. The summed E-state index contributed by atoms with van der Waals surface area (Å²) in [6.07, 6.45) is 2.91. The Balaban J connectivity index is 2.04. The van der Waals surface area contributed by atoms with Crippen LogP contribution in [-0.4, -0.2) is 47.5 Å². The molecular weight excluding hydrogens is 323 g/mol. The number of piperidine rings is 1.